The monoisotopic (exact) mass is 299 g/mol. The standard InChI is InChI=1S/C16H23F2NO2/c1-5-21-15(20)9-16(3,4)8-14(19)11-6-10(2)12(17)7-13(11)18/h6-7,14H,5,8-9,19H2,1-4H3. The van der Waals surface area contributed by atoms with Crippen molar-refractivity contribution in [2.24, 2.45) is 11.1 Å². The summed E-state index contributed by atoms with van der Waals surface area (Å²) in [5.41, 5.74) is 6.23. The van der Waals surface area contributed by atoms with E-state index in [-0.39, 0.29) is 18.0 Å². The molecular formula is C16H23F2NO2. The third-order valence-electron chi connectivity index (χ3n) is 3.38. The molecule has 5 heteroatoms. The second-order valence-electron chi connectivity index (χ2n) is 6.08. The number of nitrogens with two attached hydrogens (primary N) is 1. The van der Waals surface area contributed by atoms with Crippen molar-refractivity contribution in [3.05, 3.63) is 34.9 Å². The van der Waals surface area contributed by atoms with Crippen LogP contribution in [0.4, 0.5) is 8.78 Å². The predicted molar refractivity (Wildman–Crippen MR) is 77.7 cm³/mol. The van der Waals surface area contributed by atoms with Crippen molar-refractivity contribution in [1.29, 1.82) is 0 Å². The summed E-state index contributed by atoms with van der Waals surface area (Å²) in [5.74, 6) is -1.54. The molecule has 1 rings (SSSR count). The first-order chi connectivity index (χ1) is 9.66. The van der Waals surface area contributed by atoms with Crippen molar-refractivity contribution < 1.29 is 18.3 Å². The Morgan fingerprint density at radius 1 is 1.33 bits per heavy atom. The van der Waals surface area contributed by atoms with E-state index < -0.39 is 23.1 Å². The molecule has 0 heterocycles. The summed E-state index contributed by atoms with van der Waals surface area (Å²) in [4.78, 5) is 11.6. The van der Waals surface area contributed by atoms with Crippen LogP contribution in [0.2, 0.25) is 0 Å². The summed E-state index contributed by atoms with van der Waals surface area (Å²) >= 11 is 0. The van der Waals surface area contributed by atoms with Gasteiger partial charge < -0.3 is 10.5 Å². The molecule has 1 aromatic carbocycles. The van der Waals surface area contributed by atoms with Crippen LogP contribution in [0.25, 0.3) is 0 Å². The zero-order chi connectivity index (χ0) is 16.2. The summed E-state index contributed by atoms with van der Waals surface area (Å²) in [6, 6.07) is 1.67. The van der Waals surface area contributed by atoms with E-state index in [0.29, 0.717) is 18.6 Å². The molecule has 2 N–H and O–H groups in total. The third-order valence-corrected chi connectivity index (χ3v) is 3.38. The summed E-state index contributed by atoms with van der Waals surface area (Å²) in [6.45, 7) is 7.38. The van der Waals surface area contributed by atoms with Crippen LogP contribution in [0, 0.1) is 24.0 Å². The Morgan fingerprint density at radius 3 is 2.52 bits per heavy atom. The molecule has 0 aliphatic carbocycles. The van der Waals surface area contributed by atoms with E-state index in [0.717, 1.165) is 6.07 Å². The molecule has 1 atom stereocenters. The van der Waals surface area contributed by atoms with Gasteiger partial charge in [-0.3, -0.25) is 4.79 Å². The minimum absolute atomic E-state index is 0.205. The number of carbonyl (C=O) groups excluding carboxylic acids is 1. The number of benzene rings is 1. The maximum atomic E-state index is 13.8. The zero-order valence-electron chi connectivity index (χ0n) is 13.0. The average Bonchev–Trinajstić information content (AvgIpc) is 2.32. The number of aryl methyl sites for hydroxylation is 1. The Bertz CT molecular complexity index is 515. The van der Waals surface area contributed by atoms with Gasteiger partial charge in [0.1, 0.15) is 11.6 Å². The van der Waals surface area contributed by atoms with Gasteiger partial charge in [-0.2, -0.15) is 0 Å². The van der Waals surface area contributed by atoms with E-state index in [1.54, 1.807) is 13.8 Å². The number of rotatable bonds is 6. The highest BCUT2D eigenvalue weighted by Crippen LogP contribution is 2.33. The molecule has 118 valence electrons. The zero-order valence-corrected chi connectivity index (χ0v) is 13.0. The fourth-order valence-corrected chi connectivity index (χ4v) is 2.34. The van der Waals surface area contributed by atoms with Gasteiger partial charge in [-0.1, -0.05) is 13.8 Å². The lowest BCUT2D eigenvalue weighted by Crippen LogP contribution is -2.25. The van der Waals surface area contributed by atoms with E-state index in [4.69, 9.17) is 10.5 Å². The number of hydrogen-bond acceptors (Lipinski definition) is 3. The van der Waals surface area contributed by atoms with Crippen LogP contribution >= 0.6 is 0 Å². The molecule has 0 saturated heterocycles. The van der Waals surface area contributed by atoms with Crippen LogP contribution in [0.1, 0.15) is 50.8 Å². The average molecular weight is 299 g/mol. The summed E-state index contributed by atoms with van der Waals surface area (Å²) in [5, 5.41) is 0. The SMILES string of the molecule is CCOC(=O)CC(C)(C)CC(N)c1cc(C)c(F)cc1F. The largest absolute Gasteiger partial charge is 0.466 e. The van der Waals surface area contributed by atoms with E-state index in [9.17, 15) is 13.6 Å². The second kappa shape index (κ2) is 6.98. The Kier molecular flexibility index (Phi) is 5.84. The minimum atomic E-state index is -0.655. The third kappa shape index (κ3) is 5.08. The van der Waals surface area contributed by atoms with Crippen LogP contribution < -0.4 is 5.73 Å². The summed E-state index contributed by atoms with van der Waals surface area (Å²) < 4.78 is 32.0. The number of ether oxygens (including phenoxy) is 1. The van der Waals surface area contributed by atoms with Crippen LogP contribution in [-0.2, 0) is 9.53 Å². The Morgan fingerprint density at radius 2 is 1.95 bits per heavy atom. The molecule has 0 aliphatic rings. The first kappa shape index (κ1) is 17.6. The maximum absolute atomic E-state index is 13.8. The van der Waals surface area contributed by atoms with Crippen molar-refractivity contribution in [3.8, 4) is 0 Å². The summed E-state index contributed by atoms with van der Waals surface area (Å²) in [6.07, 6.45) is 0.601. The molecule has 0 saturated carbocycles. The van der Waals surface area contributed by atoms with Gasteiger partial charge in [0, 0.05) is 17.7 Å². The van der Waals surface area contributed by atoms with Crippen LogP contribution in [0.15, 0.2) is 12.1 Å². The van der Waals surface area contributed by atoms with E-state index in [1.165, 1.54) is 6.07 Å². The highest BCUT2D eigenvalue weighted by atomic mass is 19.1. The van der Waals surface area contributed by atoms with E-state index in [1.807, 2.05) is 13.8 Å². The van der Waals surface area contributed by atoms with Crippen molar-refractivity contribution >= 4 is 5.97 Å². The molecule has 0 bridgehead atoms. The lowest BCUT2D eigenvalue weighted by molar-refractivity contribution is -0.145. The first-order valence-electron chi connectivity index (χ1n) is 7.03. The van der Waals surface area contributed by atoms with Gasteiger partial charge in [-0.05, 0) is 37.3 Å². The molecule has 0 fully saturated rings. The Labute approximate surface area is 124 Å². The molecule has 0 aliphatic heterocycles. The fraction of sp³-hybridized carbons (Fsp3) is 0.562. The summed E-state index contributed by atoms with van der Waals surface area (Å²) in [7, 11) is 0. The molecular weight excluding hydrogens is 276 g/mol. The lowest BCUT2D eigenvalue weighted by atomic mass is 9.81. The number of halogens is 2. The minimum Gasteiger partial charge on any atom is -0.466 e. The second-order valence-corrected chi connectivity index (χ2v) is 6.08. The molecule has 1 aromatic rings. The molecule has 0 spiro atoms. The Balaban J connectivity index is 2.82. The molecule has 3 nitrogen and oxygen atoms in total. The molecule has 21 heavy (non-hydrogen) atoms. The maximum Gasteiger partial charge on any atom is 0.306 e. The number of esters is 1. The molecule has 0 radical (unpaired) electrons. The van der Waals surface area contributed by atoms with E-state index >= 15 is 0 Å². The molecule has 0 aromatic heterocycles. The van der Waals surface area contributed by atoms with Crippen LogP contribution in [0.5, 0.6) is 0 Å². The van der Waals surface area contributed by atoms with Gasteiger partial charge in [0.25, 0.3) is 0 Å². The van der Waals surface area contributed by atoms with E-state index in [2.05, 4.69) is 0 Å². The van der Waals surface area contributed by atoms with Gasteiger partial charge in [-0.25, -0.2) is 8.78 Å². The number of hydrogen-bond donors (Lipinski definition) is 1. The van der Waals surface area contributed by atoms with Crippen molar-refractivity contribution in [2.45, 2.75) is 46.6 Å². The molecule has 1 unspecified atom stereocenters. The van der Waals surface area contributed by atoms with Gasteiger partial charge in [0.15, 0.2) is 0 Å². The topological polar surface area (TPSA) is 52.3 Å². The van der Waals surface area contributed by atoms with Crippen LogP contribution in [0.3, 0.4) is 0 Å². The Hall–Kier alpha value is -1.49. The van der Waals surface area contributed by atoms with Gasteiger partial charge in [-0.15, -0.1) is 0 Å². The smallest absolute Gasteiger partial charge is 0.306 e. The predicted octanol–water partition coefficient (Wildman–Crippen LogP) is 3.64. The van der Waals surface area contributed by atoms with Crippen LogP contribution in [-0.4, -0.2) is 12.6 Å². The van der Waals surface area contributed by atoms with Crippen molar-refractivity contribution in [3.63, 3.8) is 0 Å². The fourth-order valence-electron chi connectivity index (χ4n) is 2.34. The molecule has 0 amide bonds. The van der Waals surface area contributed by atoms with Crippen molar-refractivity contribution in [1.82, 2.24) is 0 Å². The van der Waals surface area contributed by atoms with Gasteiger partial charge in [0.05, 0.1) is 13.0 Å². The highest BCUT2D eigenvalue weighted by molar-refractivity contribution is 5.70. The quantitative estimate of drug-likeness (QED) is 0.816. The lowest BCUT2D eigenvalue weighted by Gasteiger charge is -2.27. The van der Waals surface area contributed by atoms with Crippen molar-refractivity contribution in [2.75, 3.05) is 6.61 Å². The number of carbonyl (C=O) groups is 1. The van der Waals surface area contributed by atoms with Gasteiger partial charge in [0.2, 0.25) is 0 Å². The highest BCUT2D eigenvalue weighted by Gasteiger charge is 2.27. The first-order valence-corrected chi connectivity index (χ1v) is 7.03. The van der Waals surface area contributed by atoms with Gasteiger partial charge >= 0.3 is 5.97 Å². The normalized spacial score (nSPS) is 13.1.